The van der Waals surface area contributed by atoms with Crippen molar-refractivity contribution in [2.75, 3.05) is 5.32 Å². The molecule has 0 aliphatic heterocycles. The Bertz CT molecular complexity index is 457. The van der Waals surface area contributed by atoms with Gasteiger partial charge in [0.1, 0.15) is 11.0 Å². The van der Waals surface area contributed by atoms with Gasteiger partial charge >= 0.3 is 0 Å². The van der Waals surface area contributed by atoms with Crippen LogP contribution < -0.4 is 11.1 Å². The molecule has 0 saturated carbocycles. The van der Waals surface area contributed by atoms with Crippen LogP contribution >= 0.6 is 11.5 Å². The molecule has 1 heterocycles. The van der Waals surface area contributed by atoms with Crippen molar-refractivity contribution in [1.29, 1.82) is 0 Å². The summed E-state index contributed by atoms with van der Waals surface area (Å²) in [7, 11) is 0. The zero-order valence-electron chi connectivity index (χ0n) is 8.33. The molecular formula is C10H10N4OS. The molecule has 82 valence electrons. The number of hydrogen-bond acceptors (Lipinski definition) is 5. The fourth-order valence-corrected chi connectivity index (χ4v) is 1.66. The Morgan fingerprint density at radius 2 is 2.12 bits per heavy atom. The van der Waals surface area contributed by atoms with E-state index in [1.807, 2.05) is 30.3 Å². The molecule has 0 unspecified atom stereocenters. The minimum Gasteiger partial charge on any atom is -0.316 e. The Morgan fingerprint density at radius 3 is 2.75 bits per heavy atom. The van der Waals surface area contributed by atoms with Crippen LogP contribution in [0.5, 0.6) is 0 Å². The molecule has 0 radical (unpaired) electrons. The number of nitrogens with zero attached hydrogens (tertiary/aromatic N) is 2. The van der Waals surface area contributed by atoms with Gasteiger partial charge in [-0.25, -0.2) is 0 Å². The van der Waals surface area contributed by atoms with Crippen molar-refractivity contribution in [2.24, 2.45) is 5.73 Å². The summed E-state index contributed by atoms with van der Waals surface area (Å²) in [5.41, 5.74) is 6.58. The standard InChI is InChI=1S/C10H10N4OS/c11-9(7-4-2-1-3-5-7)10(15)13-8-6-12-14-16-8/h1-6,9H,11H2,(H,13,15)/t9-/m0/s1. The predicted octanol–water partition coefficient (Wildman–Crippen LogP) is 1.18. The zero-order valence-corrected chi connectivity index (χ0v) is 9.15. The van der Waals surface area contributed by atoms with Gasteiger partial charge in [-0.2, -0.15) is 0 Å². The number of amides is 1. The van der Waals surface area contributed by atoms with Crippen LogP contribution in [0.15, 0.2) is 36.5 Å². The maximum absolute atomic E-state index is 11.7. The van der Waals surface area contributed by atoms with Crippen molar-refractivity contribution in [1.82, 2.24) is 9.59 Å². The van der Waals surface area contributed by atoms with Crippen molar-refractivity contribution in [2.45, 2.75) is 6.04 Å². The quantitative estimate of drug-likeness (QED) is 0.835. The molecule has 2 rings (SSSR count). The number of anilines is 1. The second-order valence-corrected chi connectivity index (χ2v) is 3.95. The lowest BCUT2D eigenvalue weighted by molar-refractivity contribution is -0.117. The summed E-state index contributed by atoms with van der Waals surface area (Å²) in [6, 6.07) is 8.52. The first-order valence-electron chi connectivity index (χ1n) is 4.66. The number of carbonyl (C=O) groups excluding carboxylic acids is 1. The van der Waals surface area contributed by atoms with Gasteiger partial charge < -0.3 is 11.1 Å². The smallest absolute Gasteiger partial charge is 0.246 e. The molecule has 0 spiro atoms. The summed E-state index contributed by atoms with van der Waals surface area (Å²) in [4.78, 5) is 11.7. The topological polar surface area (TPSA) is 80.9 Å². The maximum atomic E-state index is 11.7. The number of nitrogens with one attached hydrogen (secondary N) is 1. The Hall–Kier alpha value is -1.79. The number of nitrogens with two attached hydrogens (primary N) is 1. The summed E-state index contributed by atoms with van der Waals surface area (Å²) in [6.45, 7) is 0. The fourth-order valence-electron chi connectivity index (χ4n) is 1.23. The molecule has 0 aliphatic carbocycles. The lowest BCUT2D eigenvalue weighted by Crippen LogP contribution is -2.27. The molecule has 6 heteroatoms. The number of aromatic nitrogens is 2. The predicted molar refractivity (Wildman–Crippen MR) is 61.9 cm³/mol. The first kappa shape index (κ1) is 10.7. The Kier molecular flexibility index (Phi) is 3.23. The van der Waals surface area contributed by atoms with Gasteiger partial charge in [0.25, 0.3) is 0 Å². The minimum atomic E-state index is -0.678. The van der Waals surface area contributed by atoms with Crippen molar-refractivity contribution >= 4 is 22.4 Å². The largest absolute Gasteiger partial charge is 0.316 e. The van der Waals surface area contributed by atoms with Gasteiger partial charge in [-0.15, -0.1) is 5.10 Å². The molecule has 0 fully saturated rings. The van der Waals surface area contributed by atoms with Gasteiger partial charge in [-0.1, -0.05) is 34.8 Å². The highest BCUT2D eigenvalue weighted by Crippen LogP contribution is 2.14. The third-order valence-electron chi connectivity index (χ3n) is 2.05. The number of hydrogen-bond donors (Lipinski definition) is 2. The summed E-state index contributed by atoms with van der Waals surface area (Å²) >= 11 is 1.12. The third-order valence-corrected chi connectivity index (χ3v) is 2.63. The average molecular weight is 234 g/mol. The first-order chi connectivity index (χ1) is 7.77. The van der Waals surface area contributed by atoms with Gasteiger partial charge in [0.2, 0.25) is 5.91 Å². The van der Waals surface area contributed by atoms with Crippen LogP contribution in [0, 0.1) is 0 Å². The molecule has 0 aliphatic rings. The molecule has 5 nitrogen and oxygen atoms in total. The van der Waals surface area contributed by atoms with Crippen molar-refractivity contribution in [3.05, 3.63) is 42.1 Å². The van der Waals surface area contributed by atoms with E-state index in [0.717, 1.165) is 17.1 Å². The van der Waals surface area contributed by atoms with Crippen LogP contribution in [0.4, 0.5) is 5.00 Å². The van der Waals surface area contributed by atoms with Crippen molar-refractivity contribution in [3.63, 3.8) is 0 Å². The van der Waals surface area contributed by atoms with E-state index in [9.17, 15) is 4.79 Å². The fraction of sp³-hybridized carbons (Fsp3) is 0.100. The summed E-state index contributed by atoms with van der Waals surface area (Å²) in [5.74, 6) is -0.266. The summed E-state index contributed by atoms with van der Waals surface area (Å²) in [5, 5.41) is 6.86. The minimum absolute atomic E-state index is 0.266. The highest BCUT2D eigenvalue weighted by molar-refractivity contribution is 7.10. The van der Waals surface area contributed by atoms with Crippen LogP contribution in [0.1, 0.15) is 11.6 Å². The second kappa shape index (κ2) is 4.82. The SMILES string of the molecule is N[C@H](C(=O)Nc1cnns1)c1ccccc1. The van der Waals surface area contributed by atoms with Crippen LogP contribution in [0.3, 0.4) is 0 Å². The van der Waals surface area contributed by atoms with Crippen LogP contribution in [0.25, 0.3) is 0 Å². The van der Waals surface area contributed by atoms with Crippen LogP contribution in [0.2, 0.25) is 0 Å². The van der Waals surface area contributed by atoms with Gasteiger partial charge in [-0.05, 0) is 5.56 Å². The van der Waals surface area contributed by atoms with Gasteiger partial charge in [0, 0.05) is 11.5 Å². The highest BCUT2D eigenvalue weighted by Gasteiger charge is 2.15. The normalized spacial score (nSPS) is 12.1. The highest BCUT2D eigenvalue weighted by atomic mass is 32.1. The van der Waals surface area contributed by atoms with Crippen molar-refractivity contribution < 1.29 is 4.79 Å². The monoisotopic (exact) mass is 234 g/mol. The van der Waals surface area contributed by atoms with E-state index in [1.54, 1.807) is 0 Å². The lowest BCUT2D eigenvalue weighted by atomic mass is 10.1. The number of carbonyl (C=O) groups is 1. The van der Waals surface area contributed by atoms with Crippen LogP contribution in [-0.4, -0.2) is 15.5 Å². The Morgan fingerprint density at radius 1 is 1.38 bits per heavy atom. The molecule has 1 atom stereocenters. The average Bonchev–Trinajstić information content (AvgIpc) is 2.82. The van der Waals surface area contributed by atoms with E-state index < -0.39 is 6.04 Å². The Balaban J connectivity index is 2.05. The first-order valence-corrected chi connectivity index (χ1v) is 5.43. The van der Waals surface area contributed by atoms with E-state index >= 15 is 0 Å². The molecule has 2 aromatic rings. The van der Waals surface area contributed by atoms with Crippen LogP contribution in [-0.2, 0) is 4.79 Å². The van der Waals surface area contributed by atoms with E-state index in [0.29, 0.717) is 5.00 Å². The molecule has 16 heavy (non-hydrogen) atoms. The van der Waals surface area contributed by atoms with E-state index in [4.69, 9.17) is 5.73 Å². The number of benzene rings is 1. The summed E-state index contributed by atoms with van der Waals surface area (Å²) < 4.78 is 3.64. The Labute approximate surface area is 96.5 Å². The molecular weight excluding hydrogens is 224 g/mol. The van der Waals surface area contributed by atoms with Gasteiger partial charge in [0.05, 0.1) is 6.20 Å². The molecule has 3 N–H and O–H groups in total. The van der Waals surface area contributed by atoms with Gasteiger partial charge in [-0.3, -0.25) is 4.79 Å². The van der Waals surface area contributed by atoms with E-state index in [1.165, 1.54) is 6.20 Å². The number of rotatable bonds is 3. The van der Waals surface area contributed by atoms with E-state index in [-0.39, 0.29) is 5.91 Å². The second-order valence-electron chi connectivity index (χ2n) is 3.16. The molecule has 0 saturated heterocycles. The van der Waals surface area contributed by atoms with Crippen molar-refractivity contribution in [3.8, 4) is 0 Å². The summed E-state index contributed by atoms with van der Waals surface area (Å²) in [6.07, 6.45) is 1.49. The zero-order chi connectivity index (χ0) is 11.4. The van der Waals surface area contributed by atoms with Gasteiger partial charge in [0.15, 0.2) is 0 Å². The molecule has 1 aromatic heterocycles. The molecule has 1 aromatic carbocycles. The molecule has 0 bridgehead atoms. The third kappa shape index (κ3) is 2.41. The maximum Gasteiger partial charge on any atom is 0.246 e. The van der Waals surface area contributed by atoms with E-state index in [2.05, 4.69) is 14.9 Å². The lowest BCUT2D eigenvalue weighted by Gasteiger charge is -2.10. The molecule has 1 amide bonds.